The van der Waals surface area contributed by atoms with E-state index < -0.39 is 42.1 Å². The molecule has 1 aliphatic rings. The number of fused-ring (bicyclic) bond motifs is 1. The van der Waals surface area contributed by atoms with E-state index >= 15 is 0 Å². The maximum absolute atomic E-state index is 13.4. The van der Waals surface area contributed by atoms with Gasteiger partial charge in [0.25, 0.3) is 0 Å². The Balaban J connectivity index is 1.21. The molecule has 4 aromatic rings. The first-order chi connectivity index (χ1) is 25.1. The van der Waals surface area contributed by atoms with Crippen molar-refractivity contribution in [2.24, 2.45) is 10.9 Å². The van der Waals surface area contributed by atoms with Crippen molar-refractivity contribution in [1.82, 2.24) is 25.8 Å². The topological polar surface area (TPSA) is 159 Å². The van der Waals surface area contributed by atoms with Crippen LogP contribution in [-0.4, -0.2) is 72.5 Å². The standard InChI is InChI=1S/C39H42N6O7/c1-26(30-21-12-19-29-18-10-11-20-31(29)30)41-37(48)45-33(35(47)44(2)3)32(34(45)46)22-13-23-40-36(42-38(49)51-24-27-14-6-4-7-15-27)43-39(50)52-25-28-16-8-5-9-17-28/h4-12,14-21,26,32-33H,13,22-25H2,1-3H3,(H,41,48)(H2,40,42,43,49,50). The lowest BCUT2D eigenvalue weighted by Crippen LogP contribution is -2.69. The monoisotopic (exact) mass is 706 g/mol. The molecule has 0 bridgehead atoms. The van der Waals surface area contributed by atoms with Crippen LogP contribution in [0.4, 0.5) is 14.4 Å². The number of ether oxygens (including phenoxy) is 2. The summed E-state index contributed by atoms with van der Waals surface area (Å²) in [5, 5.41) is 9.76. The number of hydrogen-bond acceptors (Lipinski definition) is 8. The zero-order chi connectivity index (χ0) is 37.0. The number of rotatable bonds is 11. The number of nitrogens with one attached hydrogen (secondary N) is 3. The molecule has 13 nitrogen and oxygen atoms in total. The van der Waals surface area contributed by atoms with Crippen molar-refractivity contribution in [3.63, 3.8) is 0 Å². The Labute approximate surface area is 302 Å². The van der Waals surface area contributed by atoms with Crippen LogP contribution in [0.3, 0.4) is 0 Å². The van der Waals surface area contributed by atoms with E-state index in [1.807, 2.05) is 85.8 Å². The second-order valence-corrected chi connectivity index (χ2v) is 12.5. The van der Waals surface area contributed by atoms with Gasteiger partial charge in [0.1, 0.15) is 19.3 Å². The maximum Gasteiger partial charge on any atom is 0.414 e. The van der Waals surface area contributed by atoms with Crippen LogP contribution in [-0.2, 0) is 32.3 Å². The van der Waals surface area contributed by atoms with E-state index in [9.17, 15) is 24.0 Å². The largest absolute Gasteiger partial charge is 0.444 e. The molecule has 4 aromatic carbocycles. The van der Waals surface area contributed by atoms with E-state index in [0.717, 1.165) is 32.4 Å². The first-order valence-electron chi connectivity index (χ1n) is 16.9. The number of hydrogen-bond donors (Lipinski definition) is 3. The van der Waals surface area contributed by atoms with Gasteiger partial charge in [-0.05, 0) is 47.2 Å². The summed E-state index contributed by atoms with van der Waals surface area (Å²) in [6, 6.07) is 29.7. The lowest BCUT2D eigenvalue weighted by molar-refractivity contribution is -0.161. The Morgan fingerprint density at radius 1 is 0.788 bits per heavy atom. The number of aliphatic imine (C=N–C) groups is 1. The maximum atomic E-state index is 13.4. The highest BCUT2D eigenvalue weighted by atomic mass is 16.6. The highest BCUT2D eigenvalue weighted by Crippen LogP contribution is 2.33. The van der Waals surface area contributed by atoms with E-state index in [2.05, 4.69) is 20.9 Å². The third-order valence-corrected chi connectivity index (χ3v) is 8.57. The predicted molar refractivity (Wildman–Crippen MR) is 195 cm³/mol. The van der Waals surface area contributed by atoms with Gasteiger partial charge in [0, 0.05) is 20.6 Å². The molecule has 0 aliphatic carbocycles. The number of imide groups is 1. The quantitative estimate of drug-likeness (QED) is 0.0803. The first-order valence-corrected chi connectivity index (χ1v) is 16.9. The van der Waals surface area contributed by atoms with Gasteiger partial charge in [-0.15, -0.1) is 0 Å². The summed E-state index contributed by atoms with van der Waals surface area (Å²) in [6.07, 6.45) is -1.19. The molecule has 52 heavy (non-hydrogen) atoms. The fourth-order valence-electron chi connectivity index (χ4n) is 5.89. The summed E-state index contributed by atoms with van der Waals surface area (Å²) in [7, 11) is 3.14. The second kappa shape index (κ2) is 17.6. The Morgan fingerprint density at radius 2 is 1.35 bits per heavy atom. The number of carbonyl (C=O) groups is 5. The second-order valence-electron chi connectivity index (χ2n) is 12.5. The zero-order valence-electron chi connectivity index (χ0n) is 29.3. The van der Waals surface area contributed by atoms with Crippen molar-refractivity contribution in [2.45, 2.75) is 45.1 Å². The van der Waals surface area contributed by atoms with Gasteiger partial charge in [-0.1, -0.05) is 103 Å². The van der Waals surface area contributed by atoms with Gasteiger partial charge in [-0.25, -0.2) is 14.4 Å². The highest BCUT2D eigenvalue weighted by Gasteiger charge is 2.54. The number of guanidine groups is 1. The van der Waals surface area contributed by atoms with Crippen LogP contribution in [0.15, 0.2) is 108 Å². The van der Waals surface area contributed by atoms with Gasteiger partial charge < -0.3 is 19.7 Å². The van der Waals surface area contributed by atoms with Crippen LogP contribution in [0.25, 0.3) is 10.8 Å². The normalized spacial score (nSPS) is 15.4. The van der Waals surface area contributed by atoms with Crippen LogP contribution < -0.4 is 16.0 Å². The van der Waals surface area contributed by atoms with Crippen LogP contribution in [0.5, 0.6) is 0 Å². The van der Waals surface area contributed by atoms with Crippen molar-refractivity contribution >= 4 is 46.8 Å². The lowest BCUT2D eigenvalue weighted by Gasteiger charge is -2.45. The van der Waals surface area contributed by atoms with Crippen LogP contribution in [0.2, 0.25) is 0 Å². The minimum absolute atomic E-state index is 0.00567. The third kappa shape index (κ3) is 9.50. The molecule has 0 radical (unpaired) electrons. The molecule has 1 aliphatic heterocycles. The lowest BCUT2D eigenvalue weighted by atomic mass is 9.83. The molecular weight excluding hydrogens is 664 g/mol. The molecule has 0 saturated carbocycles. The van der Waals surface area contributed by atoms with Crippen LogP contribution in [0.1, 0.15) is 42.5 Å². The van der Waals surface area contributed by atoms with Crippen molar-refractivity contribution in [3.8, 4) is 0 Å². The molecule has 1 heterocycles. The van der Waals surface area contributed by atoms with E-state index in [1.165, 1.54) is 4.90 Å². The third-order valence-electron chi connectivity index (χ3n) is 8.57. The van der Waals surface area contributed by atoms with Gasteiger partial charge in [-0.2, -0.15) is 0 Å². The van der Waals surface area contributed by atoms with Gasteiger partial charge in [0.15, 0.2) is 0 Å². The molecule has 0 spiro atoms. The smallest absolute Gasteiger partial charge is 0.414 e. The Bertz CT molecular complexity index is 1850. The molecule has 3 unspecified atom stereocenters. The number of benzene rings is 4. The van der Waals surface area contributed by atoms with Gasteiger partial charge in [0.05, 0.1) is 12.0 Å². The number of nitrogens with zero attached hydrogens (tertiary/aromatic N) is 3. The van der Waals surface area contributed by atoms with Crippen molar-refractivity contribution < 1.29 is 33.4 Å². The summed E-state index contributed by atoms with van der Waals surface area (Å²) in [5.41, 5.74) is 2.42. The van der Waals surface area contributed by atoms with Gasteiger partial charge in [0.2, 0.25) is 17.8 Å². The average Bonchev–Trinajstić information content (AvgIpc) is 3.15. The summed E-state index contributed by atoms with van der Waals surface area (Å²) in [4.78, 5) is 71.9. The molecule has 3 atom stereocenters. The zero-order valence-corrected chi connectivity index (χ0v) is 29.3. The summed E-state index contributed by atoms with van der Waals surface area (Å²) < 4.78 is 10.6. The number of urea groups is 1. The predicted octanol–water partition coefficient (Wildman–Crippen LogP) is 5.51. The molecule has 1 saturated heterocycles. The molecule has 3 N–H and O–H groups in total. The summed E-state index contributed by atoms with van der Waals surface area (Å²) >= 11 is 0. The number of β-lactam (4-membered cyclic amide) rings is 1. The SMILES string of the molecule is CC(NC(=O)N1C(=O)C(CCCN=C(NC(=O)OCc2ccccc2)NC(=O)OCc2ccccc2)C1C(=O)N(C)C)c1cccc2ccccc12. The minimum Gasteiger partial charge on any atom is -0.444 e. The van der Waals surface area contributed by atoms with Crippen molar-refractivity contribution in [3.05, 3.63) is 120 Å². The Hall–Kier alpha value is -6.24. The number of alkyl carbamates (subject to hydrolysis) is 2. The summed E-state index contributed by atoms with van der Waals surface area (Å²) in [6.45, 7) is 1.88. The van der Waals surface area contributed by atoms with Gasteiger partial charge >= 0.3 is 18.2 Å². The van der Waals surface area contributed by atoms with Crippen LogP contribution in [0, 0.1) is 5.92 Å². The number of amides is 6. The molecule has 270 valence electrons. The van der Waals surface area contributed by atoms with Crippen molar-refractivity contribution in [1.29, 1.82) is 0 Å². The van der Waals surface area contributed by atoms with E-state index in [0.29, 0.717) is 6.42 Å². The molecule has 5 rings (SSSR count). The van der Waals surface area contributed by atoms with E-state index in [1.54, 1.807) is 38.4 Å². The fourth-order valence-corrected chi connectivity index (χ4v) is 5.89. The van der Waals surface area contributed by atoms with Crippen LogP contribution >= 0.6 is 0 Å². The Morgan fingerprint density at radius 3 is 1.94 bits per heavy atom. The molecular formula is C39H42N6O7. The van der Waals surface area contributed by atoms with Gasteiger partial charge in [-0.3, -0.25) is 30.1 Å². The van der Waals surface area contributed by atoms with E-state index in [4.69, 9.17) is 9.47 Å². The first kappa shape index (κ1) is 37.0. The minimum atomic E-state index is -0.997. The molecule has 1 fully saturated rings. The number of likely N-dealkylation sites (N-methyl/N-ethyl adjacent to an activating group) is 1. The molecule has 13 heteroatoms. The number of carbonyl (C=O) groups excluding carboxylic acids is 5. The average molecular weight is 707 g/mol. The summed E-state index contributed by atoms with van der Waals surface area (Å²) in [5.74, 6) is -1.83. The molecule has 6 amide bonds. The van der Waals surface area contributed by atoms with E-state index in [-0.39, 0.29) is 38.0 Å². The molecule has 0 aromatic heterocycles. The number of likely N-dealkylation sites (tertiary alicyclic amines) is 1. The Kier molecular flexibility index (Phi) is 12.5. The fraction of sp³-hybridized carbons (Fsp3) is 0.282. The van der Waals surface area contributed by atoms with Crippen molar-refractivity contribution in [2.75, 3.05) is 20.6 Å². The highest BCUT2D eigenvalue weighted by molar-refractivity contribution is 6.09.